The van der Waals surface area contributed by atoms with E-state index in [9.17, 15) is 22.6 Å². The zero-order valence-electron chi connectivity index (χ0n) is 19.4. The minimum Gasteiger partial charge on any atom is -0.461 e. The number of nitrogens with zero attached hydrogens (tertiary/aromatic N) is 1. The van der Waals surface area contributed by atoms with E-state index in [2.05, 4.69) is 10.3 Å². The van der Waals surface area contributed by atoms with Gasteiger partial charge in [0.2, 0.25) is 0 Å². The second kappa shape index (κ2) is 8.81. The minimum atomic E-state index is -4.49. The smallest absolute Gasteiger partial charge is 0.273 e. The lowest BCUT2D eigenvalue weighted by Crippen LogP contribution is -2.26. The van der Waals surface area contributed by atoms with Crippen molar-refractivity contribution >= 4 is 32.6 Å². The van der Waals surface area contributed by atoms with Crippen LogP contribution in [-0.2, 0) is 14.9 Å². The number of Topliss-reactive ketones (excluding diaryl/α,β-unsaturated/α-hetero) is 1. The first-order valence-electron chi connectivity index (χ1n) is 11.0. The highest BCUT2D eigenvalue weighted by molar-refractivity contribution is 7.86. The maximum Gasteiger partial charge on any atom is 0.273 e. The van der Waals surface area contributed by atoms with Crippen LogP contribution in [0, 0.1) is 6.92 Å². The summed E-state index contributed by atoms with van der Waals surface area (Å²) in [5, 5.41) is 2.29. The molecule has 0 bridgehead atoms. The summed E-state index contributed by atoms with van der Waals surface area (Å²) < 4.78 is 40.8. The number of aryl methyl sites for hydroxylation is 1. The van der Waals surface area contributed by atoms with Crippen molar-refractivity contribution in [3.8, 4) is 0 Å². The number of carbonyl (C=O) groups excluding carboxylic acids is 1. The summed E-state index contributed by atoms with van der Waals surface area (Å²) in [7, 11) is -4.49. The van der Waals surface area contributed by atoms with Crippen LogP contribution in [0.15, 0.2) is 57.0 Å². The number of para-hydroxylation sites is 1. The van der Waals surface area contributed by atoms with Gasteiger partial charge in [-0.25, -0.2) is 0 Å². The zero-order valence-corrected chi connectivity index (χ0v) is 20.2. The molecule has 34 heavy (non-hydrogen) atoms. The number of pyridine rings is 1. The van der Waals surface area contributed by atoms with Gasteiger partial charge in [0.05, 0.1) is 11.1 Å². The lowest BCUT2D eigenvalue weighted by molar-refractivity contribution is -0.113. The summed E-state index contributed by atoms with van der Waals surface area (Å²) in [4.78, 5) is 30.0. The molecule has 0 fully saturated rings. The van der Waals surface area contributed by atoms with Crippen LogP contribution in [0.3, 0.4) is 0 Å². The van der Waals surface area contributed by atoms with Crippen LogP contribution in [-0.4, -0.2) is 23.7 Å². The number of nitrogens with one attached hydrogen (secondary N) is 1. The first kappa shape index (κ1) is 23.8. The molecule has 1 aromatic carbocycles. The Balaban J connectivity index is 2.13. The summed E-state index contributed by atoms with van der Waals surface area (Å²) in [5.74, 6) is -0.564. The molecule has 2 aromatic heterocycles. The Morgan fingerprint density at radius 1 is 1.26 bits per heavy atom. The van der Waals surface area contributed by atoms with Gasteiger partial charge in [-0.2, -0.15) is 8.42 Å². The Hall–Kier alpha value is -3.30. The van der Waals surface area contributed by atoms with Crippen molar-refractivity contribution in [2.75, 3.05) is 5.32 Å². The van der Waals surface area contributed by atoms with Gasteiger partial charge in [0.1, 0.15) is 16.6 Å². The summed E-state index contributed by atoms with van der Waals surface area (Å²) in [5.41, 5.74) is 2.87. The van der Waals surface area contributed by atoms with Gasteiger partial charge in [0.15, 0.2) is 11.2 Å². The molecule has 9 heteroatoms. The van der Waals surface area contributed by atoms with E-state index in [0.717, 1.165) is 0 Å². The number of benzene rings is 1. The highest BCUT2D eigenvalue weighted by Crippen LogP contribution is 2.47. The van der Waals surface area contributed by atoms with Crippen LogP contribution >= 0.6 is 0 Å². The quantitative estimate of drug-likeness (QED) is 0.486. The van der Waals surface area contributed by atoms with Gasteiger partial charge < -0.3 is 9.73 Å². The summed E-state index contributed by atoms with van der Waals surface area (Å²) >= 11 is 0. The number of hydrogen-bond donors (Lipinski definition) is 2. The predicted molar refractivity (Wildman–Crippen MR) is 130 cm³/mol. The molecule has 0 spiro atoms. The monoisotopic (exact) mass is 482 g/mol. The molecule has 2 unspecified atom stereocenters. The SMILES string of the molecule is CCCC(c1nccc2c1C(c1cccc3c(=O)cc(C)oc13)C(C(C)=O)=C(C)N2)S(=O)(=O)O. The lowest BCUT2D eigenvalue weighted by Gasteiger charge is -2.33. The van der Waals surface area contributed by atoms with Crippen molar-refractivity contribution in [3.05, 3.63) is 80.6 Å². The van der Waals surface area contributed by atoms with Crippen LogP contribution in [0.1, 0.15) is 67.4 Å². The van der Waals surface area contributed by atoms with E-state index in [0.29, 0.717) is 51.2 Å². The van der Waals surface area contributed by atoms with E-state index in [1.807, 2.05) is 6.92 Å². The first-order valence-corrected chi connectivity index (χ1v) is 12.5. The number of fused-ring (bicyclic) bond motifs is 2. The number of carbonyl (C=O) groups is 1. The van der Waals surface area contributed by atoms with Crippen molar-refractivity contribution in [2.24, 2.45) is 0 Å². The topological polar surface area (TPSA) is 127 Å². The standard InChI is InChI=1S/C25H26N2O6S/c1-5-7-20(34(30,31)32)24-23-18(10-11-26-24)27-14(3)21(15(4)28)22(23)17-9-6-8-16-19(29)12-13(2)33-25(16)17/h6,8-12,20,22,27H,5,7H2,1-4H3,(H,30,31,32). The second-order valence-corrected chi connectivity index (χ2v) is 10.1. The molecule has 1 aliphatic rings. The van der Waals surface area contributed by atoms with Crippen molar-refractivity contribution in [3.63, 3.8) is 0 Å². The zero-order chi connectivity index (χ0) is 24.8. The maximum atomic E-state index is 12.9. The fourth-order valence-electron chi connectivity index (χ4n) is 4.80. The number of ketones is 1. The summed E-state index contributed by atoms with van der Waals surface area (Å²) in [6.07, 6.45) is 2.12. The average molecular weight is 483 g/mol. The summed E-state index contributed by atoms with van der Waals surface area (Å²) in [6.45, 7) is 6.69. The Kier molecular flexibility index (Phi) is 6.18. The molecule has 0 aliphatic carbocycles. The third-order valence-electron chi connectivity index (χ3n) is 6.14. The molecule has 3 heterocycles. The van der Waals surface area contributed by atoms with Crippen molar-refractivity contribution in [1.82, 2.24) is 4.98 Å². The summed E-state index contributed by atoms with van der Waals surface area (Å²) in [6, 6.07) is 8.23. The fourth-order valence-corrected chi connectivity index (χ4v) is 5.80. The van der Waals surface area contributed by atoms with Crippen LogP contribution in [0.5, 0.6) is 0 Å². The normalized spacial score (nSPS) is 16.8. The van der Waals surface area contributed by atoms with Gasteiger partial charge in [-0.15, -0.1) is 0 Å². The number of rotatable bonds is 6. The largest absolute Gasteiger partial charge is 0.461 e. The van der Waals surface area contributed by atoms with Gasteiger partial charge in [-0.3, -0.25) is 19.1 Å². The molecule has 0 radical (unpaired) electrons. The first-order chi connectivity index (χ1) is 16.0. The van der Waals surface area contributed by atoms with E-state index >= 15 is 0 Å². The lowest BCUT2D eigenvalue weighted by atomic mass is 9.77. The van der Waals surface area contributed by atoms with E-state index in [-0.39, 0.29) is 23.3 Å². The van der Waals surface area contributed by atoms with Gasteiger partial charge in [0, 0.05) is 46.3 Å². The fraction of sp³-hybridized carbons (Fsp3) is 0.320. The highest BCUT2D eigenvalue weighted by Gasteiger charge is 2.38. The molecule has 0 saturated carbocycles. The van der Waals surface area contributed by atoms with Gasteiger partial charge in [-0.05, 0) is 39.3 Å². The molecule has 2 N–H and O–H groups in total. The van der Waals surface area contributed by atoms with Crippen LogP contribution in [0.2, 0.25) is 0 Å². The molecule has 8 nitrogen and oxygen atoms in total. The van der Waals surface area contributed by atoms with Crippen molar-refractivity contribution < 1.29 is 22.2 Å². The van der Waals surface area contributed by atoms with Crippen LogP contribution in [0.4, 0.5) is 5.69 Å². The molecule has 1 aliphatic heterocycles. The Morgan fingerprint density at radius 2 is 2.00 bits per heavy atom. The Bertz CT molecular complexity index is 1500. The Morgan fingerprint density at radius 3 is 2.65 bits per heavy atom. The second-order valence-electron chi connectivity index (χ2n) is 8.55. The molecule has 3 aromatic rings. The number of hydrogen-bond acceptors (Lipinski definition) is 7. The third-order valence-corrected chi connectivity index (χ3v) is 7.32. The maximum absolute atomic E-state index is 12.9. The van der Waals surface area contributed by atoms with E-state index in [1.54, 1.807) is 38.1 Å². The molecular formula is C25H26N2O6S. The van der Waals surface area contributed by atoms with Gasteiger partial charge >= 0.3 is 0 Å². The van der Waals surface area contributed by atoms with Gasteiger partial charge in [-0.1, -0.05) is 25.5 Å². The average Bonchev–Trinajstić information content (AvgIpc) is 2.74. The molecule has 0 saturated heterocycles. The van der Waals surface area contributed by atoms with E-state index < -0.39 is 21.3 Å². The molecule has 178 valence electrons. The molecule has 2 atom stereocenters. The van der Waals surface area contributed by atoms with E-state index in [1.165, 1.54) is 19.2 Å². The third kappa shape index (κ3) is 4.05. The number of aromatic nitrogens is 1. The molecular weight excluding hydrogens is 456 g/mol. The molecule has 0 amide bonds. The van der Waals surface area contributed by atoms with Crippen molar-refractivity contribution in [1.29, 1.82) is 0 Å². The number of allylic oxidation sites excluding steroid dienone is 2. The van der Waals surface area contributed by atoms with Crippen molar-refractivity contribution in [2.45, 2.75) is 51.7 Å². The highest BCUT2D eigenvalue weighted by atomic mass is 32.2. The van der Waals surface area contributed by atoms with Gasteiger partial charge in [0.25, 0.3) is 10.1 Å². The minimum absolute atomic E-state index is 0.150. The van der Waals surface area contributed by atoms with Crippen LogP contribution < -0.4 is 10.7 Å². The van der Waals surface area contributed by atoms with E-state index in [4.69, 9.17) is 4.42 Å². The molecule has 4 rings (SSSR count). The predicted octanol–water partition coefficient (Wildman–Crippen LogP) is 4.65. The number of anilines is 1. The van der Waals surface area contributed by atoms with Crippen LogP contribution in [0.25, 0.3) is 11.0 Å². The Labute approximate surface area is 197 Å².